The van der Waals surface area contributed by atoms with E-state index in [1.165, 1.54) is 51.4 Å². The molecule has 1 aliphatic carbocycles. The second-order valence-corrected chi connectivity index (χ2v) is 8.29. The number of carboxylic acids is 2. The summed E-state index contributed by atoms with van der Waals surface area (Å²) in [4.78, 5) is 24.2. The normalized spacial score (nSPS) is 24.8. The first-order valence-corrected chi connectivity index (χ1v) is 11.1. The van der Waals surface area contributed by atoms with E-state index in [9.17, 15) is 19.8 Å². The van der Waals surface area contributed by atoms with Crippen molar-refractivity contribution in [3.05, 3.63) is 12.2 Å². The van der Waals surface area contributed by atoms with Crippen LogP contribution in [0.25, 0.3) is 0 Å². The first-order valence-electron chi connectivity index (χ1n) is 11.1. The summed E-state index contributed by atoms with van der Waals surface area (Å²) in [5.41, 5.74) is -2.34. The highest BCUT2D eigenvalue weighted by molar-refractivity contribution is 5.87. The molecule has 0 fully saturated rings. The molecule has 0 aromatic carbocycles. The molecule has 2 N–H and O–H groups in total. The first kappa shape index (κ1) is 23.7. The van der Waals surface area contributed by atoms with Crippen molar-refractivity contribution in [2.45, 2.75) is 110 Å². The lowest BCUT2D eigenvalue weighted by Crippen LogP contribution is -2.53. The smallest absolute Gasteiger partial charge is 0.311 e. The van der Waals surface area contributed by atoms with Gasteiger partial charge in [0.15, 0.2) is 0 Å². The lowest BCUT2D eigenvalue weighted by molar-refractivity contribution is -0.176. The predicted octanol–water partition coefficient (Wildman–Crippen LogP) is 6.59. The summed E-state index contributed by atoms with van der Waals surface area (Å²) in [6.45, 7) is 4.05. The molecule has 0 saturated heterocycles. The third kappa shape index (κ3) is 6.08. The van der Waals surface area contributed by atoms with Gasteiger partial charge in [0.2, 0.25) is 0 Å². The minimum Gasteiger partial charge on any atom is -0.481 e. The highest BCUT2D eigenvalue weighted by atomic mass is 16.4. The number of carboxylic acid groups (broad SMARTS) is 2. The number of aliphatic carboxylic acids is 2. The van der Waals surface area contributed by atoms with Crippen molar-refractivity contribution in [1.29, 1.82) is 0 Å². The van der Waals surface area contributed by atoms with Crippen LogP contribution < -0.4 is 0 Å². The summed E-state index contributed by atoms with van der Waals surface area (Å²) in [5, 5.41) is 19.8. The van der Waals surface area contributed by atoms with E-state index in [0.29, 0.717) is 25.7 Å². The van der Waals surface area contributed by atoms with Gasteiger partial charge in [-0.05, 0) is 25.7 Å². The maximum absolute atomic E-state index is 12.2. The summed E-state index contributed by atoms with van der Waals surface area (Å²) in [6.07, 6.45) is 18.5. The minimum atomic E-state index is -1.17. The Morgan fingerprint density at radius 3 is 1.52 bits per heavy atom. The van der Waals surface area contributed by atoms with Gasteiger partial charge in [-0.15, -0.1) is 0 Å². The number of allylic oxidation sites excluding steroid dienone is 2. The third-order valence-corrected chi connectivity index (χ3v) is 6.64. The third-order valence-electron chi connectivity index (χ3n) is 6.64. The number of rotatable bonds is 15. The highest BCUT2D eigenvalue weighted by Crippen LogP contribution is 2.54. The van der Waals surface area contributed by atoms with Crippen molar-refractivity contribution in [2.75, 3.05) is 0 Å². The second-order valence-electron chi connectivity index (χ2n) is 8.29. The average molecular weight is 381 g/mol. The molecule has 4 heteroatoms. The van der Waals surface area contributed by atoms with Crippen LogP contribution in [0.15, 0.2) is 12.2 Å². The van der Waals surface area contributed by atoms with Crippen molar-refractivity contribution < 1.29 is 19.8 Å². The summed E-state index contributed by atoms with van der Waals surface area (Å²) < 4.78 is 0. The van der Waals surface area contributed by atoms with Gasteiger partial charge in [-0.2, -0.15) is 0 Å². The molecule has 0 radical (unpaired) electrons. The monoisotopic (exact) mass is 380 g/mol. The van der Waals surface area contributed by atoms with E-state index in [0.717, 1.165) is 19.3 Å². The Morgan fingerprint density at radius 1 is 0.704 bits per heavy atom. The van der Waals surface area contributed by atoms with Crippen LogP contribution >= 0.6 is 0 Å². The van der Waals surface area contributed by atoms with Crippen LogP contribution in [-0.4, -0.2) is 22.2 Å². The molecule has 4 nitrogen and oxygen atoms in total. The Balaban J connectivity index is 2.42. The lowest BCUT2D eigenvalue weighted by atomic mass is 9.54. The summed E-state index contributed by atoms with van der Waals surface area (Å²) in [7, 11) is 0. The second kappa shape index (κ2) is 12.2. The average Bonchev–Trinajstić information content (AvgIpc) is 2.65. The van der Waals surface area contributed by atoms with Crippen molar-refractivity contribution in [2.24, 2.45) is 10.8 Å². The zero-order valence-corrected chi connectivity index (χ0v) is 17.5. The van der Waals surface area contributed by atoms with Gasteiger partial charge in [-0.1, -0.05) is 96.6 Å². The van der Waals surface area contributed by atoms with Crippen LogP contribution in [0, 0.1) is 10.8 Å². The summed E-state index contributed by atoms with van der Waals surface area (Å²) in [5.74, 6) is -1.90. The SMILES string of the molecule is CCCCCCCCCCCCCC1(C(=O)O)CC=CCC1(CC)C(=O)O. The standard InChI is InChI=1S/C23H40O4/c1-3-5-6-7-8-9-10-11-12-13-14-18-23(21(26)27)19-16-15-17-22(23,4-2)20(24)25/h15-16H,3-14,17-19H2,1-2H3,(H,24,25)(H,26,27). The van der Waals surface area contributed by atoms with Gasteiger partial charge in [0, 0.05) is 0 Å². The molecule has 0 amide bonds. The number of hydrogen-bond donors (Lipinski definition) is 2. The van der Waals surface area contributed by atoms with Crippen LogP contribution in [0.1, 0.15) is 110 Å². The summed E-state index contributed by atoms with van der Waals surface area (Å²) >= 11 is 0. The fraction of sp³-hybridized carbons (Fsp3) is 0.826. The van der Waals surface area contributed by atoms with E-state index in [1.807, 2.05) is 19.1 Å². The Kier molecular flexibility index (Phi) is 10.7. The molecule has 0 saturated carbocycles. The van der Waals surface area contributed by atoms with Gasteiger partial charge in [0.05, 0.1) is 10.8 Å². The Bertz CT molecular complexity index is 485. The molecule has 0 bridgehead atoms. The predicted molar refractivity (Wildman–Crippen MR) is 110 cm³/mol. The van der Waals surface area contributed by atoms with Gasteiger partial charge < -0.3 is 10.2 Å². The molecular formula is C23H40O4. The zero-order chi connectivity index (χ0) is 20.2. The maximum atomic E-state index is 12.2. The Labute approximate surface area is 165 Å². The van der Waals surface area contributed by atoms with Gasteiger partial charge in [0.25, 0.3) is 0 Å². The molecule has 0 aromatic heterocycles. The van der Waals surface area contributed by atoms with E-state index >= 15 is 0 Å². The summed E-state index contributed by atoms with van der Waals surface area (Å²) in [6, 6.07) is 0. The van der Waals surface area contributed by atoms with E-state index in [1.54, 1.807) is 0 Å². The van der Waals surface area contributed by atoms with E-state index in [-0.39, 0.29) is 0 Å². The van der Waals surface area contributed by atoms with Gasteiger partial charge >= 0.3 is 11.9 Å². The molecule has 0 heterocycles. The fourth-order valence-electron chi connectivity index (χ4n) is 4.72. The van der Waals surface area contributed by atoms with Gasteiger partial charge in [-0.3, -0.25) is 9.59 Å². The van der Waals surface area contributed by atoms with Crippen LogP contribution in [0.2, 0.25) is 0 Å². The largest absolute Gasteiger partial charge is 0.481 e. The number of carbonyl (C=O) groups is 2. The number of hydrogen-bond acceptors (Lipinski definition) is 2. The molecule has 0 aliphatic heterocycles. The molecule has 27 heavy (non-hydrogen) atoms. The molecule has 156 valence electrons. The quantitative estimate of drug-likeness (QED) is 0.248. The van der Waals surface area contributed by atoms with Crippen molar-refractivity contribution in [3.8, 4) is 0 Å². The number of unbranched alkanes of at least 4 members (excludes halogenated alkanes) is 10. The zero-order valence-electron chi connectivity index (χ0n) is 17.5. The van der Waals surface area contributed by atoms with Crippen LogP contribution in [0.5, 0.6) is 0 Å². The van der Waals surface area contributed by atoms with E-state index in [2.05, 4.69) is 6.92 Å². The maximum Gasteiger partial charge on any atom is 0.311 e. The lowest BCUT2D eigenvalue weighted by Gasteiger charge is -2.46. The van der Waals surface area contributed by atoms with E-state index in [4.69, 9.17) is 0 Å². The molecule has 1 rings (SSSR count). The highest BCUT2D eigenvalue weighted by Gasteiger charge is 2.59. The molecule has 2 atom stereocenters. The van der Waals surface area contributed by atoms with Crippen molar-refractivity contribution in [3.63, 3.8) is 0 Å². The fourth-order valence-corrected chi connectivity index (χ4v) is 4.72. The van der Waals surface area contributed by atoms with Crippen molar-refractivity contribution in [1.82, 2.24) is 0 Å². The Hall–Kier alpha value is -1.32. The van der Waals surface area contributed by atoms with E-state index < -0.39 is 22.8 Å². The van der Waals surface area contributed by atoms with Crippen LogP contribution in [0.3, 0.4) is 0 Å². The molecule has 0 aromatic rings. The molecule has 2 unspecified atom stereocenters. The topological polar surface area (TPSA) is 74.6 Å². The van der Waals surface area contributed by atoms with Gasteiger partial charge in [0.1, 0.15) is 0 Å². The first-order chi connectivity index (χ1) is 13.0. The molecule has 1 aliphatic rings. The van der Waals surface area contributed by atoms with Crippen molar-refractivity contribution >= 4 is 11.9 Å². The van der Waals surface area contributed by atoms with Crippen LogP contribution in [0.4, 0.5) is 0 Å². The van der Waals surface area contributed by atoms with Gasteiger partial charge in [-0.25, -0.2) is 0 Å². The molecule has 0 spiro atoms. The molecular weight excluding hydrogens is 340 g/mol. The minimum absolute atomic E-state index is 0.323. The Morgan fingerprint density at radius 2 is 1.11 bits per heavy atom. The van der Waals surface area contributed by atoms with Crippen LogP contribution in [-0.2, 0) is 9.59 Å².